The summed E-state index contributed by atoms with van der Waals surface area (Å²) in [6.07, 6.45) is 8.02. The Hall–Kier alpha value is -0.870. The lowest BCUT2D eigenvalue weighted by molar-refractivity contribution is 0.335. The minimum atomic E-state index is 0.942. The molecule has 0 atom stereocenters. The Morgan fingerprint density at radius 2 is 2.12 bits per heavy atom. The average Bonchev–Trinajstić information content (AvgIpc) is 2.96. The van der Waals surface area contributed by atoms with Gasteiger partial charge in [0.25, 0.3) is 0 Å². The van der Waals surface area contributed by atoms with Gasteiger partial charge in [-0.3, -0.25) is 4.68 Å². The standard InChI is InChI=1S/C13H24N4/c1-2-6-17-12-13(11-15-17)10-14-5-9-16-7-3-4-8-16/h11-12,14H,2-10H2,1H3. The first-order valence-electron chi connectivity index (χ1n) is 6.83. The van der Waals surface area contributed by atoms with Crippen LogP contribution in [0.1, 0.15) is 31.7 Å². The fraction of sp³-hybridized carbons (Fsp3) is 0.769. The van der Waals surface area contributed by atoms with Crippen molar-refractivity contribution >= 4 is 0 Å². The molecule has 0 radical (unpaired) electrons. The van der Waals surface area contributed by atoms with E-state index in [0.29, 0.717) is 0 Å². The number of aryl methyl sites for hydroxylation is 1. The number of hydrogen-bond donors (Lipinski definition) is 1. The van der Waals surface area contributed by atoms with Crippen LogP contribution in [0, 0.1) is 0 Å². The summed E-state index contributed by atoms with van der Waals surface area (Å²) in [7, 11) is 0. The summed E-state index contributed by atoms with van der Waals surface area (Å²) < 4.78 is 2.03. The van der Waals surface area contributed by atoms with Gasteiger partial charge in [0.15, 0.2) is 0 Å². The molecule has 1 aliphatic heterocycles. The molecule has 2 rings (SSSR count). The van der Waals surface area contributed by atoms with Gasteiger partial charge in [0.05, 0.1) is 6.20 Å². The summed E-state index contributed by atoms with van der Waals surface area (Å²) in [5.74, 6) is 0. The van der Waals surface area contributed by atoms with Crippen molar-refractivity contribution < 1.29 is 0 Å². The fourth-order valence-electron chi connectivity index (χ4n) is 2.33. The number of likely N-dealkylation sites (tertiary alicyclic amines) is 1. The van der Waals surface area contributed by atoms with Crippen LogP contribution in [-0.2, 0) is 13.1 Å². The second kappa shape index (κ2) is 6.77. The number of nitrogens with zero attached hydrogens (tertiary/aromatic N) is 3. The van der Waals surface area contributed by atoms with E-state index in [4.69, 9.17) is 0 Å². The first kappa shape index (κ1) is 12.6. The molecule has 2 heterocycles. The predicted octanol–water partition coefficient (Wildman–Crippen LogP) is 1.48. The van der Waals surface area contributed by atoms with Crippen LogP contribution in [0.15, 0.2) is 12.4 Å². The maximum Gasteiger partial charge on any atom is 0.0534 e. The van der Waals surface area contributed by atoms with Gasteiger partial charge >= 0.3 is 0 Å². The summed E-state index contributed by atoms with van der Waals surface area (Å²) in [5.41, 5.74) is 1.29. The first-order chi connectivity index (χ1) is 8.38. The summed E-state index contributed by atoms with van der Waals surface area (Å²) in [5, 5.41) is 7.82. The highest BCUT2D eigenvalue weighted by Gasteiger charge is 2.09. The van der Waals surface area contributed by atoms with Gasteiger partial charge < -0.3 is 10.2 Å². The van der Waals surface area contributed by atoms with E-state index in [1.807, 2.05) is 10.9 Å². The van der Waals surface area contributed by atoms with Gasteiger partial charge in [-0.05, 0) is 32.4 Å². The van der Waals surface area contributed by atoms with Crippen LogP contribution in [0.25, 0.3) is 0 Å². The molecule has 4 heteroatoms. The van der Waals surface area contributed by atoms with E-state index in [0.717, 1.165) is 26.1 Å². The van der Waals surface area contributed by atoms with Gasteiger partial charge in [-0.15, -0.1) is 0 Å². The van der Waals surface area contributed by atoms with Crippen LogP contribution >= 0.6 is 0 Å². The van der Waals surface area contributed by atoms with Gasteiger partial charge in [0.2, 0.25) is 0 Å². The van der Waals surface area contributed by atoms with Gasteiger partial charge in [0, 0.05) is 37.9 Å². The number of rotatable bonds is 7. The Bertz CT molecular complexity index is 315. The summed E-state index contributed by atoms with van der Waals surface area (Å²) in [6, 6.07) is 0. The van der Waals surface area contributed by atoms with E-state index in [1.54, 1.807) is 0 Å². The topological polar surface area (TPSA) is 33.1 Å². The van der Waals surface area contributed by atoms with Crippen molar-refractivity contribution in [1.82, 2.24) is 20.0 Å². The Morgan fingerprint density at radius 3 is 2.88 bits per heavy atom. The molecular formula is C13H24N4. The lowest BCUT2D eigenvalue weighted by atomic mass is 10.3. The second-order valence-corrected chi connectivity index (χ2v) is 4.84. The Morgan fingerprint density at radius 1 is 1.29 bits per heavy atom. The zero-order valence-corrected chi connectivity index (χ0v) is 10.9. The van der Waals surface area contributed by atoms with Crippen LogP contribution in [0.4, 0.5) is 0 Å². The van der Waals surface area contributed by atoms with E-state index < -0.39 is 0 Å². The molecular weight excluding hydrogens is 212 g/mol. The van der Waals surface area contributed by atoms with E-state index >= 15 is 0 Å². The molecule has 96 valence electrons. The fourth-order valence-corrected chi connectivity index (χ4v) is 2.33. The molecule has 1 aromatic heterocycles. The van der Waals surface area contributed by atoms with Crippen molar-refractivity contribution in [3.05, 3.63) is 18.0 Å². The summed E-state index contributed by atoms with van der Waals surface area (Å²) in [6.45, 7) is 8.98. The summed E-state index contributed by atoms with van der Waals surface area (Å²) >= 11 is 0. The lowest BCUT2D eigenvalue weighted by Crippen LogP contribution is -2.29. The molecule has 1 saturated heterocycles. The minimum Gasteiger partial charge on any atom is -0.311 e. The summed E-state index contributed by atoms with van der Waals surface area (Å²) in [4.78, 5) is 2.54. The highest BCUT2D eigenvalue weighted by Crippen LogP contribution is 2.05. The van der Waals surface area contributed by atoms with E-state index in [-0.39, 0.29) is 0 Å². The molecule has 1 aromatic rings. The van der Waals surface area contributed by atoms with Crippen molar-refractivity contribution in [2.45, 2.75) is 39.3 Å². The van der Waals surface area contributed by atoms with Crippen LogP contribution in [0.2, 0.25) is 0 Å². The van der Waals surface area contributed by atoms with Crippen molar-refractivity contribution in [2.24, 2.45) is 0 Å². The molecule has 0 spiro atoms. The molecule has 0 unspecified atom stereocenters. The van der Waals surface area contributed by atoms with Crippen molar-refractivity contribution in [3.8, 4) is 0 Å². The van der Waals surface area contributed by atoms with E-state index in [1.165, 1.54) is 38.0 Å². The molecule has 1 N–H and O–H groups in total. The van der Waals surface area contributed by atoms with Gasteiger partial charge in [-0.2, -0.15) is 5.10 Å². The maximum atomic E-state index is 4.33. The minimum absolute atomic E-state index is 0.942. The third kappa shape index (κ3) is 4.13. The zero-order valence-electron chi connectivity index (χ0n) is 10.9. The van der Waals surface area contributed by atoms with Gasteiger partial charge in [-0.1, -0.05) is 6.92 Å². The Kier molecular flexibility index (Phi) is 5.01. The van der Waals surface area contributed by atoms with E-state index in [2.05, 4.69) is 28.4 Å². The largest absolute Gasteiger partial charge is 0.311 e. The SMILES string of the molecule is CCCn1cc(CNCCN2CCCC2)cn1. The molecule has 0 saturated carbocycles. The first-order valence-corrected chi connectivity index (χ1v) is 6.83. The van der Waals surface area contributed by atoms with Crippen LogP contribution in [0.5, 0.6) is 0 Å². The molecule has 4 nitrogen and oxygen atoms in total. The quantitative estimate of drug-likeness (QED) is 0.728. The molecule has 17 heavy (non-hydrogen) atoms. The van der Waals surface area contributed by atoms with Crippen LogP contribution < -0.4 is 5.32 Å². The monoisotopic (exact) mass is 236 g/mol. The normalized spacial score (nSPS) is 16.8. The average molecular weight is 236 g/mol. The maximum absolute atomic E-state index is 4.33. The van der Waals surface area contributed by atoms with Crippen LogP contribution in [0.3, 0.4) is 0 Å². The zero-order chi connectivity index (χ0) is 11.9. The van der Waals surface area contributed by atoms with Crippen molar-refractivity contribution in [2.75, 3.05) is 26.2 Å². The lowest BCUT2D eigenvalue weighted by Gasteiger charge is -2.14. The number of aromatic nitrogens is 2. The Labute approximate surface area is 104 Å². The molecule has 0 aliphatic carbocycles. The highest BCUT2D eigenvalue weighted by molar-refractivity contribution is 5.03. The Balaban J connectivity index is 1.60. The molecule has 1 aliphatic rings. The molecule has 0 aromatic carbocycles. The molecule has 0 amide bonds. The van der Waals surface area contributed by atoms with E-state index in [9.17, 15) is 0 Å². The smallest absolute Gasteiger partial charge is 0.0534 e. The van der Waals surface area contributed by atoms with Crippen LogP contribution in [-0.4, -0.2) is 40.9 Å². The van der Waals surface area contributed by atoms with Crippen molar-refractivity contribution in [1.29, 1.82) is 0 Å². The van der Waals surface area contributed by atoms with Crippen molar-refractivity contribution in [3.63, 3.8) is 0 Å². The molecule has 0 bridgehead atoms. The highest BCUT2D eigenvalue weighted by atomic mass is 15.3. The third-order valence-corrected chi connectivity index (χ3v) is 3.27. The molecule has 1 fully saturated rings. The number of nitrogens with one attached hydrogen (secondary N) is 1. The van der Waals surface area contributed by atoms with Gasteiger partial charge in [-0.25, -0.2) is 0 Å². The number of hydrogen-bond acceptors (Lipinski definition) is 3. The van der Waals surface area contributed by atoms with Gasteiger partial charge in [0.1, 0.15) is 0 Å². The predicted molar refractivity (Wildman–Crippen MR) is 69.9 cm³/mol. The third-order valence-electron chi connectivity index (χ3n) is 3.27. The second-order valence-electron chi connectivity index (χ2n) is 4.84.